The highest BCUT2D eigenvalue weighted by molar-refractivity contribution is 7.80. The van der Waals surface area contributed by atoms with Gasteiger partial charge in [-0.2, -0.15) is 0 Å². The van der Waals surface area contributed by atoms with E-state index in [0.717, 1.165) is 5.69 Å². The number of nitrogens with one attached hydrogen (secondary N) is 2. The topological polar surface area (TPSA) is 49.8 Å². The average molecular weight is 236 g/mol. The molecule has 5 heteroatoms. The first-order chi connectivity index (χ1) is 7.84. The van der Waals surface area contributed by atoms with Crippen LogP contribution in [0.25, 0.3) is 0 Å². The summed E-state index contributed by atoms with van der Waals surface area (Å²) in [5, 5.41) is 7.08. The van der Waals surface area contributed by atoms with Gasteiger partial charge >= 0.3 is 0 Å². The maximum Gasteiger partial charge on any atom is 0.171 e. The van der Waals surface area contributed by atoms with Crippen LogP contribution in [0.4, 0.5) is 5.69 Å². The standard InChI is InChI=1S/C11H16N4S/c16-11(14-9-4-2-1-3-5-9)15-10-6-12-8-13-7-10/h6-9H,1-5H2,(H2,14,15,16). The maximum absolute atomic E-state index is 5.24. The van der Waals surface area contributed by atoms with Crippen LogP contribution in [0, 0.1) is 0 Å². The molecule has 0 radical (unpaired) electrons. The van der Waals surface area contributed by atoms with E-state index in [1.54, 1.807) is 12.4 Å². The minimum Gasteiger partial charge on any atom is -0.360 e. The predicted octanol–water partition coefficient (Wildman–Crippen LogP) is 2.10. The van der Waals surface area contributed by atoms with Gasteiger partial charge in [-0.3, -0.25) is 0 Å². The molecule has 0 spiro atoms. The van der Waals surface area contributed by atoms with E-state index in [4.69, 9.17) is 12.2 Å². The molecule has 2 N–H and O–H groups in total. The van der Waals surface area contributed by atoms with E-state index in [1.807, 2.05) is 0 Å². The van der Waals surface area contributed by atoms with Gasteiger partial charge in [0.15, 0.2) is 5.11 Å². The molecule has 0 atom stereocenters. The number of anilines is 1. The minimum atomic E-state index is 0.526. The van der Waals surface area contributed by atoms with Crippen molar-refractivity contribution < 1.29 is 0 Å². The Kier molecular flexibility index (Phi) is 4.04. The van der Waals surface area contributed by atoms with Crippen molar-refractivity contribution in [3.8, 4) is 0 Å². The molecule has 2 rings (SSSR count). The summed E-state index contributed by atoms with van der Waals surface area (Å²) < 4.78 is 0. The van der Waals surface area contributed by atoms with Gasteiger partial charge in [0.1, 0.15) is 6.33 Å². The Morgan fingerprint density at radius 1 is 1.19 bits per heavy atom. The monoisotopic (exact) mass is 236 g/mol. The number of aromatic nitrogens is 2. The van der Waals surface area contributed by atoms with Crippen molar-refractivity contribution >= 4 is 23.0 Å². The Balaban J connectivity index is 1.80. The van der Waals surface area contributed by atoms with E-state index in [9.17, 15) is 0 Å². The molecule has 0 saturated heterocycles. The van der Waals surface area contributed by atoms with Crippen LogP contribution in [-0.4, -0.2) is 21.1 Å². The van der Waals surface area contributed by atoms with Gasteiger partial charge in [-0.25, -0.2) is 9.97 Å². The van der Waals surface area contributed by atoms with Crippen molar-refractivity contribution in [1.82, 2.24) is 15.3 Å². The molecule has 0 unspecified atom stereocenters. The zero-order valence-electron chi connectivity index (χ0n) is 9.15. The van der Waals surface area contributed by atoms with Crippen molar-refractivity contribution in [1.29, 1.82) is 0 Å². The second-order valence-corrected chi connectivity index (χ2v) is 4.47. The molecule has 1 heterocycles. The molecule has 1 aliphatic rings. The highest BCUT2D eigenvalue weighted by Crippen LogP contribution is 2.17. The second kappa shape index (κ2) is 5.75. The molecule has 86 valence electrons. The van der Waals surface area contributed by atoms with Crippen LogP contribution >= 0.6 is 12.2 Å². The maximum atomic E-state index is 5.24. The first-order valence-corrected chi connectivity index (χ1v) is 6.08. The molecule has 1 fully saturated rings. The van der Waals surface area contributed by atoms with Crippen LogP contribution in [0.15, 0.2) is 18.7 Å². The number of rotatable bonds is 2. The van der Waals surface area contributed by atoms with Crippen molar-refractivity contribution in [2.45, 2.75) is 38.1 Å². The molecule has 1 aliphatic carbocycles. The highest BCUT2D eigenvalue weighted by atomic mass is 32.1. The smallest absolute Gasteiger partial charge is 0.171 e. The quantitative estimate of drug-likeness (QED) is 0.770. The lowest BCUT2D eigenvalue weighted by atomic mass is 9.96. The van der Waals surface area contributed by atoms with Crippen LogP contribution in [0.3, 0.4) is 0 Å². The van der Waals surface area contributed by atoms with Crippen LogP contribution < -0.4 is 10.6 Å². The third-order valence-electron chi connectivity index (χ3n) is 2.76. The lowest BCUT2D eigenvalue weighted by Gasteiger charge is -2.24. The summed E-state index contributed by atoms with van der Waals surface area (Å²) in [6.07, 6.45) is 11.3. The lowest BCUT2D eigenvalue weighted by Crippen LogP contribution is -2.38. The van der Waals surface area contributed by atoms with Crippen molar-refractivity contribution in [2.24, 2.45) is 0 Å². The normalized spacial score (nSPS) is 16.8. The molecule has 0 bridgehead atoms. The molecule has 0 aliphatic heterocycles. The fourth-order valence-electron chi connectivity index (χ4n) is 1.96. The summed E-state index contributed by atoms with van der Waals surface area (Å²) >= 11 is 5.24. The lowest BCUT2D eigenvalue weighted by molar-refractivity contribution is 0.415. The SMILES string of the molecule is S=C(Nc1cncnc1)NC1CCCCC1. The van der Waals surface area contributed by atoms with Crippen LogP contribution in [0.1, 0.15) is 32.1 Å². The van der Waals surface area contributed by atoms with E-state index >= 15 is 0 Å². The molecule has 4 nitrogen and oxygen atoms in total. The van der Waals surface area contributed by atoms with Gasteiger partial charge in [-0.05, 0) is 25.1 Å². The summed E-state index contributed by atoms with van der Waals surface area (Å²) in [6, 6.07) is 0.526. The number of hydrogen-bond acceptors (Lipinski definition) is 3. The predicted molar refractivity (Wildman–Crippen MR) is 68.3 cm³/mol. The van der Waals surface area contributed by atoms with E-state index in [0.29, 0.717) is 11.2 Å². The zero-order valence-corrected chi connectivity index (χ0v) is 9.96. The molecule has 1 aromatic rings. The highest BCUT2D eigenvalue weighted by Gasteiger charge is 2.13. The summed E-state index contributed by atoms with van der Waals surface area (Å²) in [7, 11) is 0. The van der Waals surface area contributed by atoms with Crippen molar-refractivity contribution in [3.05, 3.63) is 18.7 Å². The molecule has 1 saturated carbocycles. The third kappa shape index (κ3) is 3.41. The Morgan fingerprint density at radius 3 is 2.56 bits per heavy atom. The minimum absolute atomic E-state index is 0.526. The van der Waals surface area contributed by atoms with Crippen LogP contribution in [-0.2, 0) is 0 Å². The number of hydrogen-bond donors (Lipinski definition) is 2. The fourth-order valence-corrected chi connectivity index (χ4v) is 2.25. The second-order valence-electron chi connectivity index (χ2n) is 4.06. The molecule has 0 aromatic carbocycles. The Labute approximate surface area is 101 Å². The third-order valence-corrected chi connectivity index (χ3v) is 2.98. The van der Waals surface area contributed by atoms with Crippen LogP contribution in [0.2, 0.25) is 0 Å². The number of thiocarbonyl (C=S) groups is 1. The summed E-state index contributed by atoms with van der Waals surface area (Å²) in [6.45, 7) is 0. The summed E-state index contributed by atoms with van der Waals surface area (Å²) in [4.78, 5) is 7.85. The van der Waals surface area contributed by atoms with Gasteiger partial charge in [0, 0.05) is 6.04 Å². The van der Waals surface area contributed by atoms with E-state index in [-0.39, 0.29) is 0 Å². The fraction of sp³-hybridized carbons (Fsp3) is 0.545. The molecule has 16 heavy (non-hydrogen) atoms. The van der Waals surface area contributed by atoms with Crippen molar-refractivity contribution in [3.63, 3.8) is 0 Å². The van der Waals surface area contributed by atoms with Gasteiger partial charge in [-0.1, -0.05) is 19.3 Å². The molecule has 1 aromatic heterocycles. The molecular weight excluding hydrogens is 220 g/mol. The first kappa shape index (κ1) is 11.3. The Hall–Kier alpha value is -1.23. The van der Waals surface area contributed by atoms with Crippen molar-refractivity contribution in [2.75, 3.05) is 5.32 Å². The van der Waals surface area contributed by atoms with Gasteiger partial charge in [0.05, 0.1) is 18.1 Å². The van der Waals surface area contributed by atoms with Gasteiger partial charge < -0.3 is 10.6 Å². The van der Waals surface area contributed by atoms with Gasteiger partial charge in [0.2, 0.25) is 0 Å². The van der Waals surface area contributed by atoms with Crippen LogP contribution in [0.5, 0.6) is 0 Å². The van der Waals surface area contributed by atoms with E-state index < -0.39 is 0 Å². The summed E-state index contributed by atoms with van der Waals surface area (Å²) in [5.74, 6) is 0. The largest absolute Gasteiger partial charge is 0.360 e. The Morgan fingerprint density at radius 2 is 1.88 bits per heavy atom. The summed E-state index contributed by atoms with van der Waals surface area (Å²) in [5.41, 5.74) is 0.829. The average Bonchev–Trinajstić information content (AvgIpc) is 2.31. The Bertz CT molecular complexity index is 335. The first-order valence-electron chi connectivity index (χ1n) is 5.67. The van der Waals surface area contributed by atoms with Gasteiger partial charge in [0.25, 0.3) is 0 Å². The molecular formula is C11H16N4S. The molecule has 0 amide bonds. The van der Waals surface area contributed by atoms with E-state index in [1.165, 1.54) is 38.4 Å². The van der Waals surface area contributed by atoms with Gasteiger partial charge in [-0.15, -0.1) is 0 Å². The number of nitrogens with zero attached hydrogens (tertiary/aromatic N) is 2. The zero-order chi connectivity index (χ0) is 11.2. The van der Waals surface area contributed by atoms with E-state index in [2.05, 4.69) is 20.6 Å².